The Morgan fingerprint density at radius 3 is 2.56 bits per heavy atom. The van der Waals surface area contributed by atoms with Crippen LogP contribution in [0.5, 0.6) is 0 Å². The molecule has 0 unspecified atom stereocenters. The van der Waals surface area contributed by atoms with Gasteiger partial charge in [-0.2, -0.15) is 0 Å². The summed E-state index contributed by atoms with van der Waals surface area (Å²) >= 11 is 5.76. The van der Waals surface area contributed by atoms with Gasteiger partial charge in [0.05, 0.1) is 11.5 Å². The standard InChI is InChI=1S/C14H13ClO3/c15-10-3-1-9(2-4-10)14(17)18-13-7-8-5-11(13)12(16)6-8/h1-4,8,11,13H,5-7H2/t8-,11+,13+/m1/s1. The first-order valence-electron chi connectivity index (χ1n) is 6.13. The van der Waals surface area contributed by atoms with Crippen molar-refractivity contribution in [3.63, 3.8) is 0 Å². The molecule has 2 aliphatic carbocycles. The van der Waals surface area contributed by atoms with Crippen molar-refractivity contribution in [3.8, 4) is 0 Å². The Morgan fingerprint density at radius 2 is 1.94 bits per heavy atom. The predicted octanol–water partition coefficient (Wildman–Crippen LogP) is 2.86. The van der Waals surface area contributed by atoms with Crippen molar-refractivity contribution >= 4 is 23.4 Å². The van der Waals surface area contributed by atoms with Gasteiger partial charge in [0.2, 0.25) is 0 Å². The molecule has 0 spiro atoms. The van der Waals surface area contributed by atoms with Crippen molar-refractivity contribution in [1.29, 1.82) is 0 Å². The number of carbonyl (C=O) groups excluding carboxylic acids is 2. The Labute approximate surface area is 110 Å². The molecule has 2 bridgehead atoms. The van der Waals surface area contributed by atoms with E-state index < -0.39 is 0 Å². The number of rotatable bonds is 2. The average Bonchev–Trinajstić information content (AvgIpc) is 2.88. The van der Waals surface area contributed by atoms with E-state index >= 15 is 0 Å². The summed E-state index contributed by atoms with van der Waals surface area (Å²) in [7, 11) is 0. The first-order valence-corrected chi connectivity index (χ1v) is 6.50. The Hall–Kier alpha value is -1.35. The number of ketones is 1. The topological polar surface area (TPSA) is 43.4 Å². The number of hydrogen-bond donors (Lipinski definition) is 0. The van der Waals surface area contributed by atoms with E-state index in [9.17, 15) is 9.59 Å². The molecule has 0 N–H and O–H groups in total. The van der Waals surface area contributed by atoms with Gasteiger partial charge in [-0.3, -0.25) is 4.79 Å². The van der Waals surface area contributed by atoms with Crippen LogP contribution in [0.25, 0.3) is 0 Å². The van der Waals surface area contributed by atoms with Gasteiger partial charge in [-0.15, -0.1) is 0 Å². The quantitative estimate of drug-likeness (QED) is 0.772. The number of halogens is 1. The van der Waals surface area contributed by atoms with Gasteiger partial charge in [0, 0.05) is 11.4 Å². The maximum Gasteiger partial charge on any atom is 0.338 e. The van der Waals surface area contributed by atoms with Crippen LogP contribution in [0, 0.1) is 11.8 Å². The smallest absolute Gasteiger partial charge is 0.338 e. The molecule has 0 aromatic heterocycles. The lowest BCUT2D eigenvalue weighted by Gasteiger charge is -2.21. The molecule has 3 nitrogen and oxygen atoms in total. The molecule has 3 rings (SSSR count). The van der Waals surface area contributed by atoms with Gasteiger partial charge in [0.1, 0.15) is 11.9 Å². The van der Waals surface area contributed by atoms with Crippen molar-refractivity contribution in [1.82, 2.24) is 0 Å². The molecule has 3 atom stereocenters. The fourth-order valence-electron chi connectivity index (χ4n) is 2.96. The summed E-state index contributed by atoms with van der Waals surface area (Å²) < 4.78 is 5.44. The van der Waals surface area contributed by atoms with Gasteiger partial charge in [-0.25, -0.2) is 4.79 Å². The molecule has 94 valence electrons. The molecule has 4 heteroatoms. The number of hydrogen-bond acceptors (Lipinski definition) is 3. The van der Waals surface area contributed by atoms with Crippen molar-refractivity contribution in [3.05, 3.63) is 34.9 Å². The Bertz CT molecular complexity index is 494. The first kappa shape index (κ1) is 11.7. The molecule has 2 fully saturated rings. The number of benzene rings is 1. The molecule has 1 aromatic rings. The second-order valence-corrected chi connectivity index (χ2v) is 5.50. The first-order chi connectivity index (χ1) is 8.63. The second kappa shape index (κ2) is 4.39. The van der Waals surface area contributed by atoms with Crippen LogP contribution in [-0.4, -0.2) is 17.9 Å². The lowest BCUT2D eigenvalue weighted by molar-refractivity contribution is -0.125. The maximum absolute atomic E-state index is 11.9. The van der Waals surface area contributed by atoms with Crippen LogP contribution in [0.1, 0.15) is 29.6 Å². The SMILES string of the molecule is O=C(O[C@H]1C[C@H]2CC(=O)[C@@H]1C2)c1ccc(Cl)cc1. The van der Waals surface area contributed by atoms with Crippen LogP contribution < -0.4 is 0 Å². The molecular formula is C14H13ClO3. The van der Waals surface area contributed by atoms with Crippen LogP contribution in [-0.2, 0) is 9.53 Å². The van der Waals surface area contributed by atoms with Crippen LogP contribution in [0.15, 0.2) is 24.3 Å². The minimum atomic E-state index is -0.364. The number of esters is 1. The monoisotopic (exact) mass is 264 g/mol. The van der Waals surface area contributed by atoms with Crippen molar-refractivity contribution in [2.24, 2.45) is 11.8 Å². The zero-order valence-corrected chi connectivity index (χ0v) is 10.5. The summed E-state index contributed by atoms with van der Waals surface area (Å²) in [5.41, 5.74) is 0.481. The fourth-order valence-corrected chi connectivity index (χ4v) is 3.09. The van der Waals surface area contributed by atoms with Crippen molar-refractivity contribution < 1.29 is 14.3 Å². The van der Waals surface area contributed by atoms with E-state index in [-0.39, 0.29) is 23.8 Å². The normalized spacial score (nSPS) is 29.6. The zero-order valence-electron chi connectivity index (χ0n) is 9.77. The van der Waals surface area contributed by atoms with Crippen molar-refractivity contribution in [2.75, 3.05) is 0 Å². The third-order valence-electron chi connectivity index (χ3n) is 3.84. The zero-order chi connectivity index (χ0) is 12.7. The lowest BCUT2D eigenvalue weighted by atomic mass is 9.96. The molecule has 18 heavy (non-hydrogen) atoms. The summed E-state index contributed by atoms with van der Waals surface area (Å²) in [4.78, 5) is 23.5. The molecule has 2 saturated carbocycles. The van der Waals surface area contributed by atoms with E-state index in [0.29, 0.717) is 22.9 Å². The predicted molar refractivity (Wildman–Crippen MR) is 66.5 cm³/mol. The Balaban J connectivity index is 1.68. The molecule has 0 aliphatic heterocycles. The molecule has 1 aromatic carbocycles. The van der Waals surface area contributed by atoms with Gasteiger partial charge in [0.25, 0.3) is 0 Å². The van der Waals surface area contributed by atoms with Gasteiger partial charge in [-0.1, -0.05) is 11.6 Å². The van der Waals surface area contributed by atoms with Gasteiger partial charge >= 0.3 is 5.97 Å². The van der Waals surface area contributed by atoms with Gasteiger partial charge < -0.3 is 4.74 Å². The van der Waals surface area contributed by atoms with E-state index in [1.165, 1.54) is 0 Å². The third kappa shape index (κ3) is 2.03. The lowest BCUT2D eigenvalue weighted by Crippen LogP contribution is -2.29. The van der Waals surface area contributed by atoms with Crippen LogP contribution >= 0.6 is 11.6 Å². The minimum Gasteiger partial charge on any atom is -0.458 e. The molecule has 0 radical (unpaired) electrons. The summed E-state index contributed by atoms with van der Waals surface area (Å²) in [6.45, 7) is 0. The minimum absolute atomic E-state index is 0.0637. The average molecular weight is 265 g/mol. The molecule has 2 aliphatic rings. The number of ether oxygens (including phenoxy) is 1. The molecule has 0 saturated heterocycles. The second-order valence-electron chi connectivity index (χ2n) is 5.07. The maximum atomic E-state index is 11.9. The van der Waals surface area contributed by atoms with E-state index in [2.05, 4.69) is 0 Å². The summed E-state index contributed by atoms with van der Waals surface area (Å²) in [5.74, 6) is 0.244. The van der Waals surface area contributed by atoms with Gasteiger partial charge in [-0.05, 0) is 43.0 Å². The van der Waals surface area contributed by atoms with Gasteiger partial charge in [0.15, 0.2) is 0 Å². The highest BCUT2D eigenvalue weighted by atomic mass is 35.5. The summed E-state index contributed by atoms with van der Waals surface area (Å²) in [6, 6.07) is 6.59. The summed E-state index contributed by atoms with van der Waals surface area (Å²) in [6.07, 6.45) is 2.16. The van der Waals surface area contributed by atoms with Crippen LogP contribution in [0.2, 0.25) is 5.02 Å². The highest BCUT2D eigenvalue weighted by Gasteiger charge is 2.47. The van der Waals surface area contributed by atoms with E-state index in [1.807, 2.05) is 0 Å². The van der Waals surface area contributed by atoms with E-state index in [1.54, 1.807) is 24.3 Å². The highest BCUT2D eigenvalue weighted by Crippen LogP contribution is 2.43. The van der Waals surface area contributed by atoms with E-state index in [4.69, 9.17) is 16.3 Å². The van der Waals surface area contributed by atoms with Crippen LogP contribution in [0.4, 0.5) is 0 Å². The van der Waals surface area contributed by atoms with Crippen LogP contribution in [0.3, 0.4) is 0 Å². The largest absolute Gasteiger partial charge is 0.458 e. The van der Waals surface area contributed by atoms with Crippen molar-refractivity contribution in [2.45, 2.75) is 25.4 Å². The number of fused-ring (bicyclic) bond motifs is 2. The molecular weight excluding hydrogens is 252 g/mol. The molecule has 0 heterocycles. The number of carbonyl (C=O) groups is 2. The molecule has 0 amide bonds. The van der Waals surface area contributed by atoms with E-state index in [0.717, 1.165) is 12.8 Å². The highest BCUT2D eigenvalue weighted by molar-refractivity contribution is 6.30. The Kier molecular flexibility index (Phi) is 2.86. The summed E-state index contributed by atoms with van der Waals surface area (Å²) in [5, 5.41) is 0.585. The fraction of sp³-hybridized carbons (Fsp3) is 0.429. The number of Topliss-reactive ketones (excluding diaryl/α,β-unsaturated/α-hetero) is 1. The third-order valence-corrected chi connectivity index (χ3v) is 4.10. The Morgan fingerprint density at radius 1 is 1.22 bits per heavy atom.